The van der Waals surface area contributed by atoms with Gasteiger partial charge in [-0.05, 0) is 63.8 Å². The van der Waals surface area contributed by atoms with Crippen molar-refractivity contribution in [2.45, 2.75) is 39.2 Å². The molecule has 0 saturated carbocycles. The zero-order chi connectivity index (χ0) is 26.9. The summed E-state index contributed by atoms with van der Waals surface area (Å²) in [7, 11) is 3.66. The molecule has 3 aromatic rings. The van der Waals surface area contributed by atoms with Gasteiger partial charge in [0.15, 0.2) is 17.4 Å². The zero-order valence-corrected chi connectivity index (χ0v) is 22.6. The van der Waals surface area contributed by atoms with Crippen molar-refractivity contribution in [2.24, 2.45) is 5.92 Å². The van der Waals surface area contributed by atoms with E-state index in [1.807, 2.05) is 52.1 Å². The number of likely N-dealkylation sites (N-methyl/N-ethyl adjacent to an activating group) is 1. The number of anilines is 2. The molecule has 204 valence electrons. The Kier molecular flexibility index (Phi) is 7.15. The van der Waals surface area contributed by atoms with Crippen molar-refractivity contribution < 1.29 is 23.8 Å². The summed E-state index contributed by atoms with van der Waals surface area (Å²) in [5, 5.41) is 19.0. The third-order valence-electron chi connectivity index (χ3n) is 6.61. The molecule has 0 spiro atoms. The van der Waals surface area contributed by atoms with Crippen LogP contribution in [0.2, 0.25) is 0 Å². The van der Waals surface area contributed by atoms with E-state index >= 15 is 0 Å². The maximum atomic E-state index is 12.0. The van der Waals surface area contributed by atoms with Gasteiger partial charge in [-0.15, -0.1) is 20.4 Å². The number of nitrogens with one attached hydrogen (secondary N) is 1. The fourth-order valence-electron chi connectivity index (χ4n) is 4.62. The zero-order valence-electron chi connectivity index (χ0n) is 22.6. The second-order valence-electron chi connectivity index (χ2n) is 10.6. The number of hydrogen-bond donors (Lipinski definition) is 1. The van der Waals surface area contributed by atoms with E-state index < -0.39 is 11.8 Å². The minimum atomic E-state index is -0.664. The second kappa shape index (κ2) is 10.5. The standard InChI is InChI=1S/C26H35N7O5/c1-26(2,3)37-25(34)38-32-12-10-17(11-13-32)16-27-22-20-21(36-15-14-31(20)4)24-29-28-23(33(24)30-22)18-6-8-19(35-5)9-7-18/h6-9,17H,10-16H2,1-5H3,(H,27,30). The number of hydrogen-bond acceptors (Lipinski definition) is 11. The van der Waals surface area contributed by atoms with Gasteiger partial charge >= 0.3 is 6.16 Å². The molecule has 1 aromatic carbocycles. The van der Waals surface area contributed by atoms with E-state index in [0.717, 1.165) is 48.7 Å². The van der Waals surface area contributed by atoms with Crippen molar-refractivity contribution in [1.82, 2.24) is 24.9 Å². The van der Waals surface area contributed by atoms with Crippen LogP contribution in [0.1, 0.15) is 33.6 Å². The lowest BCUT2D eigenvalue weighted by molar-refractivity contribution is -0.154. The lowest BCUT2D eigenvalue weighted by Crippen LogP contribution is -2.39. The molecule has 4 heterocycles. The van der Waals surface area contributed by atoms with Crippen LogP contribution < -0.4 is 19.7 Å². The van der Waals surface area contributed by atoms with E-state index in [9.17, 15) is 4.79 Å². The Hall–Kier alpha value is -3.80. The van der Waals surface area contributed by atoms with E-state index in [2.05, 4.69) is 20.4 Å². The third kappa shape index (κ3) is 5.54. The van der Waals surface area contributed by atoms with Crippen molar-refractivity contribution >= 4 is 23.3 Å². The van der Waals surface area contributed by atoms with Crippen molar-refractivity contribution in [1.29, 1.82) is 0 Å². The average molecular weight is 526 g/mol. The molecule has 0 bridgehead atoms. The summed E-state index contributed by atoms with van der Waals surface area (Å²) >= 11 is 0. The Morgan fingerprint density at radius 1 is 1.13 bits per heavy atom. The summed E-state index contributed by atoms with van der Waals surface area (Å²) < 4.78 is 18.4. The highest BCUT2D eigenvalue weighted by Gasteiger charge is 2.29. The Balaban J connectivity index is 1.31. The van der Waals surface area contributed by atoms with Gasteiger partial charge in [0.05, 0.1) is 13.7 Å². The minimum absolute atomic E-state index is 0.387. The number of piperidine rings is 1. The first kappa shape index (κ1) is 25.8. The predicted octanol–water partition coefficient (Wildman–Crippen LogP) is 3.62. The molecule has 1 saturated heterocycles. The first-order chi connectivity index (χ1) is 18.2. The fraction of sp³-hybridized carbons (Fsp3) is 0.538. The van der Waals surface area contributed by atoms with E-state index in [-0.39, 0.29) is 0 Å². The van der Waals surface area contributed by atoms with Gasteiger partial charge in [0.2, 0.25) is 5.65 Å². The molecule has 12 heteroatoms. The molecule has 12 nitrogen and oxygen atoms in total. The summed E-state index contributed by atoms with van der Waals surface area (Å²) in [5.41, 5.74) is 1.75. The molecule has 1 fully saturated rings. The smallest absolute Gasteiger partial charge is 0.497 e. The summed E-state index contributed by atoms with van der Waals surface area (Å²) in [4.78, 5) is 19.5. The van der Waals surface area contributed by atoms with E-state index in [1.165, 1.54) is 0 Å². The van der Waals surface area contributed by atoms with Crippen LogP contribution in [-0.4, -0.2) is 83.6 Å². The quantitative estimate of drug-likeness (QED) is 0.476. The van der Waals surface area contributed by atoms with Crippen LogP contribution in [0.25, 0.3) is 17.0 Å². The fourth-order valence-corrected chi connectivity index (χ4v) is 4.62. The molecule has 0 amide bonds. The van der Waals surface area contributed by atoms with Crippen LogP contribution in [0.15, 0.2) is 24.3 Å². The van der Waals surface area contributed by atoms with Gasteiger partial charge in [-0.3, -0.25) is 0 Å². The highest BCUT2D eigenvalue weighted by atomic mass is 16.8. The SMILES string of the molecule is COc1ccc(-c2nnc3c4c(c(NCC5CCN(OC(=O)OC(C)(C)C)CC5)nn23)N(C)CCO4)cc1. The minimum Gasteiger partial charge on any atom is -0.497 e. The summed E-state index contributed by atoms with van der Waals surface area (Å²) in [6.45, 7) is 8.77. The number of rotatable bonds is 6. The Bertz CT molecular complexity index is 1280. The van der Waals surface area contributed by atoms with E-state index in [0.29, 0.717) is 42.8 Å². The number of nitrogens with zero attached hydrogens (tertiary/aromatic N) is 6. The lowest BCUT2D eigenvalue weighted by atomic mass is 9.98. The van der Waals surface area contributed by atoms with Gasteiger partial charge in [0.1, 0.15) is 23.6 Å². The topological polar surface area (TPSA) is 116 Å². The molecule has 2 aromatic heterocycles. The maximum absolute atomic E-state index is 12.0. The largest absolute Gasteiger partial charge is 0.528 e. The monoisotopic (exact) mass is 525 g/mol. The first-order valence-corrected chi connectivity index (χ1v) is 12.9. The molecule has 0 unspecified atom stereocenters. The van der Waals surface area contributed by atoms with E-state index in [1.54, 1.807) is 16.7 Å². The lowest BCUT2D eigenvalue weighted by Gasteiger charge is -2.32. The van der Waals surface area contributed by atoms with Gasteiger partial charge in [-0.1, -0.05) is 0 Å². The van der Waals surface area contributed by atoms with Gasteiger partial charge in [-0.2, -0.15) is 4.52 Å². The number of benzene rings is 1. The maximum Gasteiger partial charge on any atom is 0.528 e. The molecule has 2 aliphatic heterocycles. The molecule has 38 heavy (non-hydrogen) atoms. The van der Waals surface area contributed by atoms with Crippen LogP contribution in [-0.2, 0) is 9.57 Å². The number of fused-ring (bicyclic) bond motifs is 3. The number of methoxy groups -OCH3 is 1. The van der Waals surface area contributed by atoms with Gasteiger partial charge in [0.25, 0.3) is 0 Å². The summed E-state index contributed by atoms with van der Waals surface area (Å²) in [6.07, 6.45) is 1.08. The summed E-state index contributed by atoms with van der Waals surface area (Å²) in [6, 6.07) is 7.64. The van der Waals surface area contributed by atoms with Gasteiger partial charge < -0.3 is 29.3 Å². The van der Waals surface area contributed by atoms with Crippen LogP contribution in [0, 0.1) is 5.92 Å². The van der Waals surface area contributed by atoms with Crippen LogP contribution in [0.5, 0.6) is 11.5 Å². The van der Waals surface area contributed by atoms with Crippen LogP contribution in [0.4, 0.5) is 16.3 Å². The highest BCUT2D eigenvalue weighted by molar-refractivity contribution is 5.82. The van der Waals surface area contributed by atoms with Crippen molar-refractivity contribution in [3.05, 3.63) is 24.3 Å². The Labute approximate surface area is 221 Å². The number of hydroxylamine groups is 2. The van der Waals surface area contributed by atoms with Crippen LogP contribution >= 0.6 is 0 Å². The number of carbonyl (C=O) groups excluding carboxylic acids is 1. The van der Waals surface area contributed by atoms with Crippen molar-refractivity contribution in [3.8, 4) is 22.9 Å². The Morgan fingerprint density at radius 2 is 1.87 bits per heavy atom. The number of ether oxygens (including phenoxy) is 3. The molecular formula is C26H35N7O5. The molecule has 0 atom stereocenters. The normalized spacial score (nSPS) is 16.6. The van der Waals surface area contributed by atoms with Gasteiger partial charge in [-0.25, -0.2) is 4.79 Å². The molecular weight excluding hydrogens is 490 g/mol. The average Bonchev–Trinajstić information content (AvgIpc) is 3.31. The highest BCUT2D eigenvalue weighted by Crippen LogP contribution is 2.40. The van der Waals surface area contributed by atoms with Gasteiger partial charge in [0, 0.05) is 32.2 Å². The van der Waals surface area contributed by atoms with Crippen molar-refractivity contribution in [3.63, 3.8) is 0 Å². The molecule has 1 N–H and O–H groups in total. The molecule has 0 radical (unpaired) electrons. The third-order valence-corrected chi connectivity index (χ3v) is 6.61. The second-order valence-corrected chi connectivity index (χ2v) is 10.6. The first-order valence-electron chi connectivity index (χ1n) is 12.9. The molecule has 2 aliphatic rings. The summed E-state index contributed by atoms with van der Waals surface area (Å²) in [5.74, 6) is 3.17. The van der Waals surface area contributed by atoms with Crippen molar-refractivity contribution in [2.75, 3.05) is 57.2 Å². The molecule has 0 aliphatic carbocycles. The number of aromatic nitrogens is 4. The number of carbonyl (C=O) groups is 1. The van der Waals surface area contributed by atoms with E-state index in [4.69, 9.17) is 24.1 Å². The Morgan fingerprint density at radius 3 is 2.55 bits per heavy atom. The predicted molar refractivity (Wildman–Crippen MR) is 142 cm³/mol. The molecule has 5 rings (SSSR count). The van der Waals surface area contributed by atoms with Crippen LogP contribution in [0.3, 0.4) is 0 Å².